The first-order valence-corrected chi connectivity index (χ1v) is 11.6. The van der Waals surface area contributed by atoms with Gasteiger partial charge in [0.15, 0.2) is 0 Å². The van der Waals surface area contributed by atoms with Crippen LogP contribution in [0, 0.1) is 0 Å². The third-order valence-electron chi connectivity index (χ3n) is 6.87. The van der Waals surface area contributed by atoms with Crippen molar-refractivity contribution in [1.82, 2.24) is 9.80 Å². The average molecular weight is 441 g/mol. The second kappa shape index (κ2) is 8.49. The Morgan fingerprint density at radius 1 is 0.818 bits per heavy atom. The molecular formula is C28H32N4O. The molecule has 5 heteroatoms. The van der Waals surface area contributed by atoms with Gasteiger partial charge in [-0.2, -0.15) is 0 Å². The van der Waals surface area contributed by atoms with E-state index in [2.05, 4.69) is 120 Å². The maximum absolute atomic E-state index is 6.31. The van der Waals surface area contributed by atoms with Crippen molar-refractivity contribution >= 4 is 17.1 Å². The molecule has 0 radical (unpaired) electrons. The highest BCUT2D eigenvalue weighted by molar-refractivity contribution is 5.70. The van der Waals surface area contributed by atoms with Crippen molar-refractivity contribution in [2.24, 2.45) is 0 Å². The smallest absolute Gasteiger partial charge is 0.129 e. The quantitative estimate of drug-likeness (QED) is 0.461. The summed E-state index contributed by atoms with van der Waals surface area (Å²) in [5, 5.41) is 0. The zero-order chi connectivity index (χ0) is 23.0. The lowest BCUT2D eigenvalue weighted by Crippen LogP contribution is -2.49. The van der Waals surface area contributed by atoms with Crippen LogP contribution in [-0.2, 0) is 5.54 Å². The Morgan fingerprint density at radius 3 is 2.24 bits per heavy atom. The van der Waals surface area contributed by atoms with Gasteiger partial charge in [0.1, 0.15) is 11.5 Å². The van der Waals surface area contributed by atoms with Crippen LogP contribution in [0.1, 0.15) is 26.3 Å². The van der Waals surface area contributed by atoms with E-state index in [1.807, 2.05) is 12.1 Å². The van der Waals surface area contributed by atoms with Crippen molar-refractivity contribution in [3.63, 3.8) is 0 Å². The Labute approximate surface area is 197 Å². The number of ether oxygens (including phenoxy) is 1. The van der Waals surface area contributed by atoms with Crippen molar-refractivity contribution in [2.45, 2.75) is 26.3 Å². The minimum Gasteiger partial charge on any atom is -0.457 e. The highest BCUT2D eigenvalue weighted by atomic mass is 16.5. The number of fused-ring (bicyclic) bond motifs is 1. The Morgan fingerprint density at radius 2 is 1.52 bits per heavy atom. The van der Waals surface area contributed by atoms with Gasteiger partial charge in [0.25, 0.3) is 0 Å². The molecule has 2 heterocycles. The van der Waals surface area contributed by atoms with Gasteiger partial charge in [0.05, 0.1) is 13.3 Å². The van der Waals surface area contributed by atoms with Crippen molar-refractivity contribution in [2.75, 3.05) is 36.7 Å². The van der Waals surface area contributed by atoms with E-state index in [0.717, 1.165) is 42.8 Å². The van der Waals surface area contributed by atoms with Gasteiger partial charge >= 0.3 is 0 Å². The van der Waals surface area contributed by atoms with Gasteiger partial charge in [-0.05, 0) is 63.7 Å². The van der Waals surface area contributed by atoms with Crippen LogP contribution in [0.4, 0.5) is 17.1 Å². The van der Waals surface area contributed by atoms with E-state index in [1.54, 1.807) is 0 Å². The van der Waals surface area contributed by atoms with E-state index in [0.29, 0.717) is 0 Å². The van der Waals surface area contributed by atoms with Crippen LogP contribution in [0.5, 0.6) is 11.5 Å². The fourth-order valence-electron chi connectivity index (χ4n) is 4.53. The summed E-state index contributed by atoms with van der Waals surface area (Å²) in [7, 11) is 2.18. The molecule has 0 aliphatic carbocycles. The molecule has 33 heavy (non-hydrogen) atoms. The molecule has 0 aromatic heterocycles. The maximum Gasteiger partial charge on any atom is 0.129 e. The Balaban J connectivity index is 1.40. The van der Waals surface area contributed by atoms with E-state index in [1.165, 1.54) is 11.3 Å². The second-order valence-corrected chi connectivity index (χ2v) is 9.25. The summed E-state index contributed by atoms with van der Waals surface area (Å²) in [5.41, 5.74) is 4.82. The molecule has 0 atom stereocenters. The summed E-state index contributed by atoms with van der Waals surface area (Å²) in [4.78, 5) is 9.24. The molecule has 5 rings (SSSR count). The SMILES string of the molecule is CCN1C=CN(c2cccc(Oc3cccc(N4CN(C)C(C)(C)c5ccccc54)c3)c2)C1. The molecule has 3 aromatic carbocycles. The summed E-state index contributed by atoms with van der Waals surface area (Å²) < 4.78 is 6.31. The van der Waals surface area contributed by atoms with Crippen LogP contribution in [-0.4, -0.2) is 36.7 Å². The van der Waals surface area contributed by atoms with Gasteiger partial charge in [-0.15, -0.1) is 0 Å². The summed E-state index contributed by atoms with van der Waals surface area (Å²) in [6, 6.07) is 25.3. The molecule has 0 unspecified atom stereocenters. The molecule has 3 aromatic rings. The zero-order valence-electron chi connectivity index (χ0n) is 19.9. The molecule has 5 nitrogen and oxygen atoms in total. The molecule has 2 aliphatic rings. The van der Waals surface area contributed by atoms with Crippen LogP contribution in [0.3, 0.4) is 0 Å². The fraction of sp³-hybridized carbons (Fsp3) is 0.286. The number of anilines is 3. The lowest BCUT2D eigenvalue weighted by atomic mass is 9.88. The number of rotatable bonds is 5. The van der Waals surface area contributed by atoms with Gasteiger partial charge in [0, 0.05) is 53.7 Å². The third-order valence-corrected chi connectivity index (χ3v) is 6.87. The molecular weight excluding hydrogens is 408 g/mol. The van der Waals surface area contributed by atoms with Gasteiger partial charge < -0.3 is 19.4 Å². The molecule has 0 amide bonds. The summed E-state index contributed by atoms with van der Waals surface area (Å²) in [6.07, 6.45) is 4.25. The Kier molecular flexibility index (Phi) is 5.51. The fourth-order valence-corrected chi connectivity index (χ4v) is 4.53. The number of benzene rings is 3. The van der Waals surface area contributed by atoms with Crippen LogP contribution in [0.2, 0.25) is 0 Å². The molecule has 2 aliphatic heterocycles. The topological polar surface area (TPSA) is 22.2 Å². The van der Waals surface area contributed by atoms with Gasteiger partial charge in [0.2, 0.25) is 0 Å². The first kappa shape index (κ1) is 21.4. The number of hydrogen-bond acceptors (Lipinski definition) is 5. The molecule has 0 bridgehead atoms. The lowest BCUT2D eigenvalue weighted by Gasteiger charge is -2.47. The van der Waals surface area contributed by atoms with Crippen molar-refractivity contribution in [1.29, 1.82) is 0 Å². The first-order chi connectivity index (χ1) is 16.0. The van der Waals surface area contributed by atoms with E-state index in [9.17, 15) is 0 Å². The largest absolute Gasteiger partial charge is 0.457 e. The van der Waals surface area contributed by atoms with Crippen LogP contribution in [0.25, 0.3) is 0 Å². The predicted molar refractivity (Wildman–Crippen MR) is 136 cm³/mol. The van der Waals surface area contributed by atoms with Crippen LogP contribution >= 0.6 is 0 Å². The highest BCUT2D eigenvalue weighted by Crippen LogP contribution is 2.42. The lowest BCUT2D eigenvalue weighted by molar-refractivity contribution is 0.150. The molecule has 0 saturated heterocycles. The molecule has 170 valence electrons. The van der Waals surface area contributed by atoms with Crippen LogP contribution < -0.4 is 14.5 Å². The average Bonchev–Trinajstić information content (AvgIpc) is 3.32. The number of nitrogens with zero attached hydrogens (tertiary/aromatic N) is 4. The van der Waals surface area contributed by atoms with E-state index in [4.69, 9.17) is 4.74 Å². The van der Waals surface area contributed by atoms with E-state index in [-0.39, 0.29) is 5.54 Å². The van der Waals surface area contributed by atoms with E-state index < -0.39 is 0 Å². The first-order valence-electron chi connectivity index (χ1n) is 11.6. The summed E-state index contributed by atoms with van der Waals surface area (Å²) >= 11 is 0. The highest BCUT2D eigenvalue weighted by Gasteiger charge is 2.35. The number of hydrogen-bond donors (Lipinski definition) is 0. The molecule has 0 spiro atoms. The summed E-state index contributed by atoms with van der Waals surface area (Å²) in [6.45, 7) is 9.42. The van der Waals surface area contributed by atoms with E-state index >= 15 is 0 Å². The molecule has 0 fully saturated rings. The summed E-state index contributed by atoms with van der Waals surface area (Å²) in [5.74, 6) is 1.67. The standard InChI is InChI=1S/C28H32N4O/c1-5-30-16-17-31(21-30)22-10-8-12-24(18-22)33-25-13-9-11-23(19-25)32-20-29(4)28(2,3)26-14-6-7-15-27(26)32/h6-19H,5,20-21H2,1-4H3. The Bertz CT molecular complexity index is 1170. The van der Waals surface area contributed by atoms with Gasteiger partial charge in [-0.25, -0.2) is 0 Å². The predicted octanol–water partition coefficient (Wildman–Crippen LogP) is 6.33. The Hall–Kier alpha value is -3.44. The molecule has 0 saturated carbocycles. The minimum absolute atomic E-state index is 0.0149. The van der Waals surface area contributed by atoms with Gasteiger partial charge in [-0.3, -0.25) is 4.90 Å². The van der Waals surface area contributed by atoms with Crippen molar-refractivity contribution in [3.8, 4) is 11.5 Å². The number of para-hydroxylation sites is 1. The second-order valence-electron chi connectivity index (χ2n) is 9.25. The normalized spacial score (nSPS) is 17.4. The van der Waals surface area contributed by atoms with Crippen molar-refractivity contribution < 1.29 is 4.74 Å². The van der Waals surface area contributed by atoms with Crippen LogP contribution in [0.15, 0.2) is 85.2 Å². The monoisotopic (exact) mass is 440 g/mol. The maximum atomic E-state index is 6.31. The van der Waals surface area contributed by atoms with Crippen molar-refractivity contribution in [3.05, 3.63) is 90.8 Å². The third kappa shape index (κ3) is 4.05. The van der Waals surface area contributed by atoms with Gasteiger partial charge in [-0.1, -0.05) is 30.3 Å². The zero-order valence-corrected chi connectivity index (χ0v) is 19.9. The molecule has 0 N–H and O–H groups in total. The minimum atomic E-state index is -0.0149.